The summed E-state index contributed by atoms with van der Waals surface area (Å²) in [4.78, 5) is 31.1. The number of ether oxygens (including phenoxy) is 1. The number of hydrogen-bond donors (Lipinski definition) is 1. The first-order valence-corrected chi connectivity index (χ1v) is 13.2. The van der Waals surface area contributed by atoms with E-state index in [4.69, 9.17) is 4.74 Å². The van der Waals surface area contributed by atoms with Crippen LogP contribution in [-0.4, -0.2) is 67.6 Å². The second kappa shape index (κ2) is 12.4. The van der Waals surface area contributed by atoms with Gasteiger partial charge in [-0.1, -0.05) is 44.2 Å². The third kappa shape index (κ3) is 6.31. The maximum absolute atomic E-state index is 15.1. The number of rotatable bonds is 10. The van der Waals surface area contributed by atoms with E-state index in [1.165, 1.54) is 12.1 Å². The summed E-state index contributed by atoms with van der Waals surface area (Å²) >= 11 is 0. The topological polar surface area (TPSA) is 66.8 Å². The minimum absolute atomic E-state index is 0.0153. The third-order valence-corrected chi connectivity index (χ3v) is 6.89. The molecule has 0 atom stereocenters. The molecule has 0 unspecified atom stereocenters. The maximum atomic E-state index is 15.1. The van der Waals surface area contributed by atoms with Crippen LogP contribution in [0.25, 0.3) is 11.1 Å². The van der Waals surface area contributed by atoms with E-state index in [-0.39, 0.29) is 11.4 Å². The number of aromatic nitrogens is 1. The predicted octanol–water partition coefficient (Wildman–Crippen LogP) is 4.85. The molecule has 1 aromatic heterocycles. The summed E-state index contributed by atoms with van der Waals surface area (Å²) in [5, 5.41) is 2.50. The van der Waals surface area contributed by atoms with Gasteiger partial charge >= 0.3 is 0 Å². The Bertz CT molecular complexity index is 1260. The minimum atomic E-state index is -0.882. The lowest BCUT2D eigenvalue weighted by atomic mass is 10.0. The molecule has 0 spiro atoms. The molecule has 38 heavy (non-hydrogen) atoms. The molecular formula is C30H37FN4O3. The quantitative estimate of drug-likeness (QED) is 0.306. The molecule has 1 aliphatic heterocycles. The number of carbonyl (C=O) groups excluding carboxylic acids is 2. The summed E-state index contributed by atoms with van der Waals surface area (Å²) in [5.74, 6) is -1.56. The van der Waals surface area contributed by atoms with E-state index < -0.39 is 17.5 Å². The number of Topliss-reactive ketones (excluding diaryl/α,β-unsaturated/α-hetero) is 1. The Hall–Kier alpha value is -3.49. The van der Waals surface area contributed by atoms with E-state index in [2.05, 4.69) is 29.0 Å². The molecule has 0 radical (unpaired) electrons. The normalized spacial score (nSPS) is 14.2. The Labute approximate surface area is 224 Å². The van der Waals surface area contributed by atoms with Gasteiger partial charge in [0.25, 0.3) is 11.7 Å². The summed E-state index contributed by atoms with van der Waals surface area (Å²) in [6, 6.07) is 16.1. The number of ketones is 1. The van der Waals surface area contributed by atoms with E-state index in [1.807, 2.05) is 43.3 Å². The highest BCUT2D eigenvalue weighted by Gasteiger charge is 2.27. The van der Waals surface area contributed by atoms with Crippen molar-refractivity contribution in [1.82, 2.24) is 9.47 Å². The van der Waals surface area contributed by atoms with Crippen LogP contribution in [0, 0.1) is 18.7 Å². The summed E-state index contributed by atoms with van der Waals surface area (Å²) in [5.41, 5.74) is 3.34. The van der Waals surface area contributed by atoms with E-state index in [9.17, 15) is 9.59 Å². The molecule has 7 nitrogen and oxygen atoms in total. The fraction of sp³-hybridized carbons (Fsp3) is 0.400. The molecular weight excluding hydrogens is 483 g/mol. The molecule has 1 fully saturated rings. The van der Waals surface area contributed by atoms with Crippen molar-refractivity contribution < 1.29 is 18.7 Å². The van der Waals surface area contributed by atoms with Gasteiger partial charge in [-0.3, -0.25) is 14.5 Å². The number of benzene rings is 2. The monoisotopic (exact) mass is 520 g/mol. The average Bonchev–Trinajstić information content (AvgIpc) is 3.24. The SMILES string of the molecule is COCCn1c(C)cc(-c2ccccc2)c1C(=O)C(=O)Nc1ccc(N2CCN(CC(C)C)CC2)cc1F. The third-order valence-electron chi connectivity index (χ3n) is 6.89. The molecule has 3 aromatic rings. The Balaban J connectivity index is 1.51. The van der Waals surface area contributed by atoms with Crippen LogP contribution in [0.2, 0.25) is 0 Å². The van der Waals surface area contributed by atoms with Gasteiger partial charge in [0.15, 0.2) is 0 Å². The van der Waals surface area contributed by atoms with Crippen molar-refractivity contribution in [2.45, 2.75) is 27.3 Å². The summed E-state index contributed by atoms with van der Waals surface area (Å²) in [7, 11) is 1.59. The second-order valence-corrected chi connectivity index (χ2v) is 10.2. The van der Waals surface area contributed by atoms with Gasteiger partial charge in [0.05, 0.1) is 12.3 Å². The highest BCUT2D eigenvalue weighted by Crippen LogP contribution is 2.29. The number of anilines is 2. The molecule has 0 saturated carbocycles. The van der Waals surface area contributed by atoms with Crippen LogP contribution in [0.5, 0.6) is 0 Å². The fourth-order valence-electron chi connectivity index (χ4n) is 5.02. The highest BCUT2D eigenvalue weighted by atomic mass is 19.1. The zero-order chi connectivity index (χ0) is 27.2. The minimum Gasteiger partial charge on any atom is -0.383 e. The molecule has 1 N–H and O–H groups in total. The lowest BCUT2D eigenvalue weighted by Gasteiger charge is -2.36. The Morgan fingerprint density at radius 2 is 1.74 bits per heavy atom. The first-order chi connectivity index (χ1) is 18.3. The van der Waals surface area contributed by atoms with Crippen molar-refractivity contribution in [2.24, 2.45) is 5.92 Å². The number of aryl methyl sites for hydroxylation is 1. The summed E-state index contributed by atoms with van der Waals surface area (Å²) in [6.45, 7) is 11.6. The standard InChI is InChI=1S/C30H37FN4O3/c1-21(2)20-33-12-14-34(15-13-33)24-10-11-27(26(31)19-24)32-30(37)29(36)28-25(23-8-6-5-7-9-23)18-22(3)35(28)16-17-38-4/h5-11,18-19,21H,12-17,20H2,1-4H3,(H,32,37). The number of amides is 1. The number of carbonyl (C=O) groups is 2. The number of nitrogens with zero attached hydrogens (tertiary/aromatic N) is 3. The van der Waals surface area contributed by atoms with Crippen molar-refractivity contribution >= 4 is 23.1 Å². The molecule has 0 aliphatic carbocycles. The van der Waals surface area contributed by atoms with Crippen LogP contribution in [0.3, 0.4) is 0 Å². The number of piperazine rings is 1. The number of hydrogen-bond acceptors (Lipinski definition) is 5. The van der Waals surface area contributed by atoms with E-state index in [0.717, 1.165) is 49.7 Å². The van der Waals surface area contributed by atoms with Gasteiger partial charge in [-0.05, 0) is 42.7 Å². The van der Waals surface area contributed by atoms with Crippen LogP contribution in [0.15, 0.2) is 54.6 Å². The van der Waals surface area contributed by atoms with Crippen molar-refractivity contribution in [1.29, 1.82) is 0 Å². The second-order valence-electron chi connectivity index (χ2n) is 10.2. The van der Waals surface area contributed by atoms with E-state index in [1.54, 1.807) is 17.7 Å². The van der Waals surface area contributed by atoms with Crippen molar-refractivity contribution in [3.8, 4) is 11.1 Å². The summed E-state index contributed by atoms with van der Waals surface area (Å²) in [6.07, 6.45) is 0. The van der Waals surface area contributed by atoms with Crippen LogP contribution >= 0.6 is 0 Å². The van der Waals surface area contributed by atoms with Gasteiger partial charge in [0.1, 0.15) is 11.5 Å². The van der Waals surface area contributed by atoms with E-state index >= 15 is 4.39 Å². The maximum Gasteiger partial charge on any atom is 0.298 e. The highest BCUT2D eigenvalue weighted by molar-refractivity contribution is 6.47. The number of methoxy groups -OCH3 is 1. The van der Waals surface area contributed by atoms with Gasteiger partial charge in [-0.2, -0.15) is 0 Å². The molecule has 0 bridgehead atoms. The first-order valence-electron chi connectivity index (χ1n) is 13.2. The average molecular weight is 521 g/mol. The molecule has 2 aromatic carbocycles. The Morgan fingerprint density at radius 1 is 1.03 bits per heavy atom. The zero-order valence-electron chi connectivity index (χ0n) is 22.7. The fourth-order valence-corrected chi connectivity index (χ4v) is 5.02. The Kier molecular flexibility index (Phi) is 8.97. The van der Waals surface area contributed by atoms with Gasteiger partial charge in [0, 0.05) is 63.3 Å². The Morgan fingerprint density at radius 3 is 2.37 bits per heavy atom. The lowest BCUT2D eigenvalue weighted by Crippen LogP contribution is -2.47. The van der Waals surface area contributed by atoms with Crippen molar-refractivity contribution in [3.05, 3.63) is 71.8 Å². The van der Waals surface area contributed by atoms with Gasteiger partial charge < -0.3 is 19.5 Å². The van der Waals surface area contributed by atoms with E-state index in [0.29, 0.717) is 24.6 Å². The van der Waals surface area contributed by atoms with Gasteiger partial charge in [0.2, 0.25) is 0 Å². The molecule has 1 amide bonds. The molecule has 1 saturated heterocycles. The number of nitrogens with one attached hydrogen (secondary N) is 1. The van der Waals surface area contributed by atoms with Gasteiger partial charge in [-0.25, -0.2) is 4.39 Å². The molecule has 8 heteroatoms. The lowest BCUT2D eigenvalue weighted by molar-refractivity contribution is -0.112. The van der Waals surface area contributed by atoms with Gasteiger partial charge in [-0.15, -0.1) is 0 Å². The molecule has 1 aliphatic rings. The van der Waals surface area contributed by atoms with Crippen LogP contribution in [0.4, 0.5) is 15.8 Å². The molecule has 4 rings (SSSR count). The first kappa shape index (κ1) is 27.5. The smallest absolute Gasteiger partial charge is 0.298 e. The molecule has 202 valence electrons. The van der Waals surface area contributed by atoms with Crippen LogP contribution in [0.1, 0.15) is 30.0 Å². The predicted molar refractivity (Wildman–Crippen MR) is 149 cm³/mol. The number of halogens is 1. The largest absolute Gasteiger partial charge is 0.383 e. The van der Waals surface area contributed by atoms with Crippen LogP contribution in [-0.2, 0) is 16.1 Å². The van der Waals surface area contributed by atoms with Crippen LogP contribution < -0.4 is 10.2 Å². The summed E-state index contributed by atoms with van der Waals surface area (Å²) < 4.78 is 22.1. The molecule has 2 heterocycles. The van der Waals surface area contributed by atoms with Crippen molar-refractivity contribution in [2.75, 3.05) is 56.7 Å². The van der Waals surface area contributed by atoms with Crippen molar-refractivity contribution in [3.63, 3.8) is 0 Å². The zero-order valence-corrected chi connectivity index (χ0v) is 22.7.